The number of nitrogens with zero attached hydrogens (tertiary/aromatic N) is 1. The molecule has 0 unspecified atom stereocenters. The van der Waals surface area contributed by atoms with Gasteiger partial charge in [-0.1, -0.05) is 25.1 Å². The van der Waals surface area contributed by atoms with Crippen LogP contribution in [-0.4, -0.2) is 42.1 Å². The first-order valence-electron chi connectivity index (χ1n) is 6.20. The van der Waals surface area contributed by atoms with Gasteiger partial charge < -0.3 is 14.7 Å². The number of para-hydroxylation sites is 1. The van der Waals surface area contributed by atoms with Gasteiger partial charge in [0.1, 0.15) is 12.3 Å². The predicted octanol–water partition coefficient (Wildman–Crippen LogP) is 1.35. The molecule has 1 aromatic carbocycles. The van der Waals surface area contributed by atoms with Crippen LogP contribution in [0.1, 0.15) is 18.9 Å². The molecule has 1 rings (SSSR count). The number of ether oxygens (including phenoxy) is 1. The third kappa shape index (κ3) is 4.62. The van der Waals surface area contributed by atoms with Crippen molar-refractivity contribution in [2.75, 3.05) is 20.2 Å². The van der Waals surface area contributed by atoms with E-state index >= 15 is 0 Å². The van der Waals surface area contributed by atoms with E-state index in [1.54, 1.807) is 18.2 Å². The SMILES string of the molecule is CCCN(CC(=O)OC)C(=O)Cc1ccccc1O. The van der Waals surface area contributed by atoms with Crippen molar-refractivity contribution in [3.63, 3.8) is 0 Å². The Morgan fingerprint density at radius 3 is 2.58 bits per heavy atom. The lowest BCUT2D eigenvalue weighted by Crippen LogP contribution is -2.37. The Balaban J connectivity index is 2.72. The summed E-state index contributed by atoms with van der Waals surface area (Å²) in [5, 5.41) is 9.64. The maximum absolute atomic E-state index is 12.1. The van der Waals surface area contributed by atoms with E-state index in [0.29, 0.717) is 12.1 Å². The number of benzene rings is 1. The molecule has 0 radical (unpaired) electrons. The molecule has 0 saturated heterocycles. The quantitative estimate of drug-likeness (QED) is 0.788. The molecule has 1 N–H and O–H groups in total. The first-order valence-corrected chi connectivity index (χ1v) is 6.20. The first kappa shape index (κ1) is 15.0. The lowest BCUT2D eigenvalue weighted by molar-refractivity contribution is -0.146. The Kier molecular flexibility index (Phi) is 5.85. The number of phenols is 1. The molecule has 0 aliphatic carbocycles. The molecule has 0 atom stereocenters. The number of phenolic OH excluding ortho intramolecular Hbond substituents is 1. The fraction of sp³-hybridized carbons (Fsp3) is 0.429. The molecular formula is C14H19NO4. The maximum Gasteiger partial charge on any atom is 0.325 e. The van der Waals surface area contributed by atoms with Crippen molar-refractivity contribution in [1.82, 2.24) is 4.90 Å². The van der Waals surface area contributed by atoms with Crippen LogP contribution in [-0.2, 0) is 20.7 Å². The standard InChI is InChI=1S/C14H19NO4/c1-3-8-15(10-14(18)19-2)13(17)9-11-6-4-5-7-12(11)16/h4-7,16H,3,8-10H2,1-2H3. The fourth-order valence-corrected chi connectivity index (χ4v) is 1.72. The van der Waals surface area contributed by atoms with Gasteiger partial charge in [-0.3, -0.25) is 9.59 Å². The summed E-state index contributed by atoms with van der Waals surface area (Å²) in [4.78, 5) is 24.8. The van der Waals surface area contributed by atoms with Gasteiger partial charge in [-0.05, 0) is 12.5 Å². The van der Waals surface area contributed by atoms with Crippen molar-refractivity contribution < 1.29 is 19.4 Å². The lowest BCUT2D eigenvalue weighted by atomic mass is 10.1. The lowest BCUT2D eigenvalue weighted by Gasteiger charge is -2.21. The minimum absolute atomic E-state index is 0.0588. The van der Waals surface area contributed by atoms with Crippen molar-refractivity contribution in [3.8, 4) is 5.75 Å². The van der Waals surface area contributed by atoms with Crippen LogP contribution in [0.5, 0.6) is 5.75 Å². The summed E-state index contributed by atoms with van der Waals surface area (Å²) in [6.45, 7) is 2.36. The van der Waals surface area contributed by atoms with Gasteiger partial charge in [0.05, 0.1) is 13.5 Å². The van der Waals surface area contributed by atoms with Crippen molar-refractivity contribution in [1.29, 1.82) is 0 Å². The zero-order chi connectivity index (χ0) is 14.3. The van der Waals surface area contributed by atoms with E-state index in [-0.39, 0.29) is 24.6 Å². The molecular weight excluding hydrogens is 246 g/mol. The van der Waals surface area contributed by atoms with Gasteiger partial charge >= 0.3 is 5.97 Å². The summed E-state index contributed by atoms with van der Waals surface area (Å²) in [6, 6.07) is 6.68. The minimum Gasteiger partial charge on any atom is -0.508 e. The molecule has 104 valence electrons. The highest BCUT2D eigenvalue weighted by atomic mass is 16.5. The van der Waals surface area contributed by atoms with Crippen LogP contribution in [0.25, 0.3) is 0 Å². The van der Waals surface area contributed by atoms with Crippen molar-refractivity contribution in [2.24, 2.45) is 0 Å². The molecule has 0 aliphatic heterocycles. The summed E-state index contributed by atoms with van der Waals surface area (Å²) in [5.74, 6) is -0.557. The average molecular weight is 265 g/mol. The summed E-state index contributed by atoms with van der Waals surface area (Å²) >= 11 is 0. The Bertz CT molecular complexity index is 445. The molecule has 1 aromatic rings. The summed E-state index contributed by atoms with van der Waals surface area (Å²) in [6.07, 6.45) is 0.827. The van der Waals surface area contributed by atoms with E-state index in [2.05, 4.69) is 4.74 Å². The number of hydrogen-bond donors (Lipinski definition) is 1. The van der Waals surface area contributed by atoms with Gasteiger partial charge in [0, 0.05) is 12.1 Å². The van der Waals surface area contributed by atoms with Gasteiger partial charge in [0.15, 0.2) is 0 Å². The Morgan fingerprint density at radius 1 is 1.32 bits per heavy atom. The molecule has 19 heavy (non-hydrogen) atoms. The Morgan fingerprint density at radius 2 is 2.00 bits per heavy atom. The fourth-order valence-electron chi connectivity index (χ4n) is 1.72. The topological polar surface area (TPSA) is 66.8 Å². The highest BCUT2D eigenvalue weighted by Gasteiger charge is 2.18. The van der Waals surface area contributed by atoms with Gasteiger partial charge in [-0.2, -0.15) is 0 Å². The monoisotopic (exact) mass is 265 g/mol. The highest BCUT2D eigenvalue weighted by Crippen LogP contribution is 2.17. The molecule has 1 amide bonds. The molecule has 0 aromatic heterocycles. The second-order valence-corrected chi connectivity index (χ2v) is 4.20. The van der Waals surface area contributed by atoms with Crippen LogP contribution < -0.4 is 0 Å². The summed E-state index contributed by atoms with van der Waals surface area (Å²) < 4.78 is 4.57. The van der Waals surface area contributed by atoms with E-state index in [1.165, 1.54) is 18.1 Å². The van der Waals surface area contributed by atoms with E-state index in [1.807, 2.05) is 6.92 Å². The third-order valence-electron chi connectivity index (χ3n) is 2.73. The Labute approximate surface area is 112 Å². The second-order valence-electron chi connectivity index (χ2n) is 4.20. The third-order valence-corrected chi connectivity index (χ3v) is 2.73. The summed E-state index contributed by atoms with van der Waals surface area (Å²) in [5.41, 5.74) is 0.554. The van der Waals surface area contributed by atoms with Crippen LogP contribution in [0.3, 0.4) is 0 Å². The number of amides is 1. The first-order chi connectivity index (χ1) is 9.08. The largest absolute Gasteiger partial charge is 0.508 e. The molecule has 0 saturated carbocycles. The van der Waals surface area contributed by atoms with Crippen LogP contribution in [0.15, 0.2) is 24.3 Å². The minimum atomic E-state index is -0.445. The molecule has 5 nitrogen and oxygen atoms in total. The number of esters is 1. The van der Waals surface area contributed by atoms with Gasteiger partial charge in [-0.25, -0.2) is 0 Å². The van der Waals surface area contributed by atoms with Gasteiger partial charge in [-0.15, -0.1) is 0 Å². The highest BCUT2D eigenvalue weighted by molar-refractivity contribution is 5.84. The number of rotatable bonds is 6. The predicted molar refractivity (Wildman–Crippen MR) is 70.7 cm³/mol. The maximum atomic E-state index is 12.1. The van der Waals surface area contributed by atoms with Crippen LogP contribution in [0.4, 0.5) is 0 Å². The molecule has 0 bridgehead atoms. The zero-order valence-electron chi connectivity index (χ0n) is 11.3. The zero-order valence-corrected chi connectivity index (χ0v) is 11.3. The normalized spacial score (nSPS) is 10.0. The molecule has 0 heterocycles. The van der Waals surface area contributed by atoms with Crippen molar-refractivity contribution in [2.45, 2.75) is 19.8 Å². The Hall–Kier alpha value is -2.04. The van der Waals surface area contributed by atoms with E-state index < -0.39 is 5.97 Å². The number of methoxy groups -OCH3 is 1. The van der Waals surface area contributed by atoms with Crippen molar-refractivity contribution in [3.05, 3.63) is 29.8 Å². The van der Waals surface area contributed by atoms with Crippen LogP contribution >= 0.6 is 0 Å². The molecule has 0 fully saturated rings. The molecule has 5 heteroatoms. The second kappa shape index (κ2) is 7.41. The van der Waals surface area contributed by atoms with E-state index in [0.717, 1.165) is 6.42 Å². The van der Waals surface area contributed by atoms with Gasteiger partial charge in [0.2, 0.25) is 5.91 Å². The van der Waals surface area contributed by atoms with E-state index in [4.69, 9.17) is 0 Å². The number of carbonyl (C=O) groups is 2. The molecule has 0 aliphatic rings. The average Bonchev–Trinajstić information content (AvgIpc) is 2.40. The van der Waals surface area contributed by atoms with Crippen molar-refractivity contribution >= 4 is 11.9 Å². The number of aromatic hydroxyl groups is 1. The van der Waals surface area contributed by atoms with Crippen LogP contribution in [0.2, 0.25) is 0 Å². The number of hydrogen-bond acceptors (Lipinski definition) is 4. The van der Waals surface area contributed by atoms with E-state index in [9.17, 15) is 14.7 Å². The van der Waals surface area contributed by atoms with Crippen LogP contribution in [0, 0.1) is 0 Å². The smallest absolute Gasteiger partial charge is 0.325 e. The molecule has 0 spiro atoms. The van der Waals surface area contributed by atoms with Gasteiger partial charge in [0.25, 0.3) is 0 Å². The number of carbonyl (C=O) groups excluding carboxylic acids is 2. The summed E-state index contributed by atoms with van der Waals surface area (Å²) in [7, 11) is 1.29.